The lowest BCUT2D eigenvalue weighted by molar-refractivity contribution is -0.194. The number of benzene rings is 1. The molecule has 112 valence electrons. The van der Waals surface area contributed by atoms with Crippen LogP contribution in [0.5, 0.6) is 0 Å². The quantitative estimate of drug-likeness (QED) is 0.870. The van der Waals surface area contributed by atoms with Crippen molar-refractivity contribution in [1.82, 2.24) is 10.2 Å². The van der Waals surface area contributed by atoms with Gasteiger partial charge in [-0.15, -0.1) is 5.06 Å². The van der Waals surface area contributed by atoms with Gasteiger partial charge >= 0.3 is 5.97 Å². The fraction of sp³-hybridized carbons (Fsp3) is 0.467. The molecule has 1 fully saturated rings. The molecule has 0 amide bonds. The predicted octanol–water partition coefficient (Wildman–Crippen LogP) is 3.01. The molecule has 1 saturated heterocycles. The summed E-state index contributed by atoms with van der Waals surface area (Å²) in [6, 6.07) is 4.48. The third kappa shape index (κ3) is 2.90. The van der Waals surface area contributed by atoms with Gasteiger partial charge in [0.15, 0.2) is 5.58 Å². The largest absolute Gasteiger partial charge is 0.368 e. The maximum absolute atomic E-state index is 13.2. The van der Waals surface area contributed by atoms with Crippen molar-refractivity contribution in [2.45, 2.75) is 32.1 Å². The third-order valence-corrected chi connectivity index (χ3v) is 3.82. The number of fused-ring (bicyclic) bond motifs is 1. The van der Waals surface area contributed by atoms with E-state index in [-0.39, 0.29) is 17.7 Å². The van der Waals surface area contributed by atoms with Gasteiger partial charge in [0, 0.05) is 36.9 Å². The van der Waals surface area contributed by atoms with Gasteiger partial charge in [0.05, 0.1) is 5.69 Å². The minimum Gasteiger partial charge on any atom is -0.368 e. The zero-order valence-electron chi connectivity index (χ0n) is 11.8. The van der Waals surface area contributed by atoms with Crippen LogP contribution in [0.15, 0.2) is 22.7 Å². The number of carbonyl (C=O) groups is 1. The average Bonchev–Trinajstić information content (AvgIpc) is 2.90. The number of carbonyl (C=O) groups excluding carboxylic acids is 1. The number of nitrogens with zero attached hydrogens (tertiary/aromatic N) is 2. The van der Waals surface area contributed by atoms with E-state index in [1.807, 2.05) is 0 Å². The van der Waals surface area contributed by atoms with E-state index in [0.29, 0.717) is 25.1 Å². The standard InChI is InChI=1S/C15H17FN2O3/c1-2-14(19)21-18-7-5-10(6-8-18)15-12-4-3-11(16)9-13(12)20-17-15/h3-4,9-10H,2,5-8H2,1H3. The molecule has 3 rings (SSSR count). The minimum atomic E-state index is -0.327. The summed E-state index contributed by atoms with van der Waals surface area (Å²) in [6.45, 7) is 3.12. The summed E-state index contributed by atoms with van der Waals surface area (Å²) in [6.07, 6.45) is 2.03. The van der Waals surface area contributed by atoms with Gasteiger partial charge in [-0.25, -0.2) is 4.39 Å². The third-order valence-electron chi connectivity index (χ3n) is 3.82. The summed E-state index contributed by atoms with van der Waals surface area (Å²) in [7, 11) is 0. The van der Waals surface area contributed by atoms with Crippen LogP contribution < -0.4 is 0 Å². The Kier molecular flexibility index (Phi) is 3.88. The van der Waals surface area contributed by atoms with E-state index >= 15 is 0 Å². The van der Waals surface area contributed by atoms with E-state index in [9.17, 15) is 9.18 Å². The molecule has 0 aliphatic carbocycles. The lowest BCUT2D eigenvalue weighted by Gasteiger charge is -2.29. The van der Waals surface area contributed by atoms with Crippen molar-refractivity contribution in [2.75, 3.05) is 13.1 Å². The average molecular weight is 292 g/mol. The van der Waals surface area contributed by atoms with Gasteiger partial charge < -0.3 is 9.36 Å². The first-order valence-electron chi connectivity index (χ1n) is 7.18. The van der Waals surface area contributed by atoms with E-state index in [4.69, 9.17) is 9.36 Å². The molecule has 5 nitrogen and oxygen atoms in total. The SMILES string of the molecule is CCC(=O)ON1CCC(c2noc3cc(F)ccc23)CC1. The summed E-state index contributed by atoms with van der Waals surface area (Å²) < 4.78 is 18.4. The van der Waals surface area contributed by atoms with Crippen LogP contribution in [-0.4, -0.2) is 29.3 Å². The smallest absolute Gasteiger partial charge is 0.324 e. The topological polar surface area (TPSA) is 55.6 Å². The number of hydroxylamine groups is 2. The highest BCUT2D eigenvalue weighted by molar-refractivity contribution is 5.79. The molecule has 2 heterocycles. The Balaban J connectivity index is 1.70. The number of aromatic nitrogens is 1. The summed E-state index contributed by atoms with van der Waals surface area (Å²) in [5, 5.41) is 6.65. The van der Waals surface area contributed by atoms with Crippen molar-refractivity contribution in [3.63, 3.8) is 0 Å². The maximum atomic E-state index is 13.2. The van der Waals surface area contributed by atoms with Crippen LogP contribution in [0.1, 0.15) is 37.8 Å². The normalized spacial score (nSPS) is 17.2. The van der Waals surface area contributed by atoms with Crippen molar-refractivity contribution >= 4 is 16.9 Å². The second-order valence-corrected chi connectivity index (χ2v) is 5.23. The van der Waals surface area contributed by atoms with Crippen LogP contribution in [0.4, 0.5) is 4.39 Å². The molecule has 21 heavy (non-hydrogen) atoms. The van der Waals surface area contributed by atoms with Crippen LogP contribution in [0.2, 0.25) is 0 Å². The highest BCUT2D eigenvalue weighted by Crippen LogP contribution is 2.32. The minimum absolute atomic E-state index is 0.212. The fourth-order valence-corrected chi connectivity index (χ4v) is 2.65. The molecule has 0 spiro atoms. The van der Waals surface area contributed by atoms with E-state index in [2.05, 4.69) is 5.16 Å². The number of rotatable bonds is 3. The summed E-state index contributed by atoms with van der Waals surface area (Å²) in [4.78, 5) is 16.5. The van der Waals surface area contributed by atoms with Gasteiger partial charge in [0.25, 0.3) is 0 Å². The lowest BCUT2D eigenvalue weighted by atomic mass is 9.92. The molecule has 1 aliphatic heterocycles. The van der Waals surface area contributed by atoms with Crippen LogP contribution in [0, 0.1) is 5.82 Å². The first-order chi connectivity index (χ1) is 10.2. The van der Waals surface area contributed by atoms with Crippen LogP contribution >= 0.6 is 0 Å². The van der Waals surface area contributed by atoms with Gasteiger partial charge in [-0.3, -0.25) is 4.79 Å². The Hall–Kier alpha value is -1.95. The Labute approximate surface area is 121 Å². The van der Waals surface area contributed by atoms with E-state index in [1.165, 1.54) is 12.1 Å². The van der Waals surface area contributed by atoms with Gasteiger partial charge in [-0.1, -0.05) is 12.1 Å². The first kappa shape index (κ1) is 14.0. The highest BCUT2D eigenvalue weighted by atomic mass is 19.1. The van der Waals surface area contributed by atoms with Gasteiger partial charge in [-0.2, -0.15) is 0 Å². The molecule has 0 bridgehead atoms. The molecule has 0 unspecified atom stereocenters. The Morgan fingerprint density at radius 3 is 2.95 bits per heavy atom. The molecule has 0 radical (unpaired) electrons. The Bertz CT molecular complexity index is 647. The summed E-state index contributed by atoms with van der Waals surface area (Å²) in [5.74, 6) is -0.296. The van der Waals surface area contributed by atoms with Gasteiger partial charge in [0.2, 0.25) is 0 Å². The monoisotopic (exact) mass is 292 g/mol. The molecular formula is C15H17FN2O3. The van der Waals surface area contributed by atoms with Crippen molar-refractivity contribution in [2.24, 2.45) is 0 Å². The second kappa shape index (κ2) is 5.81. The molecule has 1 aliphatic rings. The zero-order valence-corrected chi connectivity index (χ0v) is 11.8. The first-order valence-corrected chi connectivity index (χ1v) is 7.18. The molecule has 0 N–H and O–H groups in total. The van der Waals surface area contributed by atoms with Crippen molar-refractivity contribution in [1.29, 1.82) is 0 Å². The summed E-state index contributed by atoms with van der Waals surface area (Å²) >= 11 is 0. The Morgan fingerprint density at radius 1 is 1.48 bits per heavy atom. The van der Waals surface area contributed by atoms with Crippen molar-refractivity contribution < 1.29 is 18.5 Å². The Morgan fingerprint density at radius 2 is 2.24 bits per heavy atom. The molecular weight excluding hydrogens is 275 g/mol. The number of hydrogen-bond donors (Lipinski definition) is 0. The van der Waals surface area contributed by atoms with Crippen LogP contribution in [-0.2, 0) is 9.63 Å². The van der Waals surface area contributed by atoms with E-state index < -0.39 is 0 Å². The molecule has 0 saturated carbocycles. The van der Waals surface area contributed by atoms with E-state index in [1.54, 1.807) is 18.1 Å². The molecule has 6 heteroatoms. The van der Waals surface area contributed by atoms with Gasteiger partial charge in [0.1, 0.15) is 5.82 Å². The second-order valence-electron chi connectivity index (χ2n) is 5.23. The molecule has 1 aromatic heterocycles. The van der Waals surface area contributed by atoms with Crippen molar-refractivity contribution in [3.05, 3.63) is 29.7 Å². The maximum Gasteiger partial charge on any atom is 0.324 e. The number of halogens is 1. The lowest BCUT2D eigenvalue weighted by Crippen LogP contribution is -2.34. The molecule has 1 aromatic carbocycles. The van der Waals surface area contributed by atoms with Gasteiger partial charge in [-0.05, 0) is 25.0 Å². The molecule has 2 aromatic rings. The van der Waals surface area contributed by atoms with E-state index in [0.717, 1.165) is 23.9 Å². The number of piperidine rings is 1. The zero-order chi connectivity index (χ0) is 14.8. The predicted molar refractivity (Wildman–Crippen MR) is 73.9 cm³/mol. The fourth-order valence-electron chi connectivity index (χ4n) is 2.65. The van der Waals surface area contributed by atoms with Crippen LogP contribution in [0.25, 0.3) is 11.0 Å². The highest BCUT2D eigenvalue weighted by Gasteiger charge is 2.26. The van der Waals surface area contributed by atoms with Crippen molar-refractivity contribution in [3.8, 4) is 0 Å². The molecule has 0 atom stereocenters. The van der Waals surface area contributed by atoms with Crippen LogP contribution in [0.3, 0.4) is 0 Å². The summed E-state index contributed by atoms with van der Waals surface area (Å²) in [5.41, 5.74) is 1.34. The number of hydrogen-bond acceptors (Lipinski definition) is 5.